The fourth-order valence-corrected chi connectivity index (χ4v) is 2.25. The van der Waals surface area contributed by atoms with Gasteiger partial charge in [-0.3, -0.25) is 4.79 Å². The Hall–Kier alpha value is -1.52. The SMILES string of the molecule is O=C(CNc1cccc(Cl)c1)OCc1cccc(Br)c1. The van der Waals surface area contributed by atoms with Crippen molar-refractivity contribution in [2.45, 2.75) is 6.61 Å². The van der Waals surface area contributed by atoms with Crippen molar-refractivity contribution in [2.24, 2.45) is 0 Å². The highest BCUT2D eigenvalue weighted by molar-refractivity contribution is 9.10. The fraction of sp³-hybridized carbons (Fsp3) is 0.133. The van der Waals surface area contributed by atoms with Crippen molar-refractivity contribution in [3.8, 4) is 0 Å². The average molecular weight is 355 g/mol. The van der Waals surface area contributed by atoms with Gasteiger partial charge in [-0.25, -0.2) is 0 Å². The monoisotopic (exact) mass is 353 g/mol. The van der Waals surface area contributed by atoms with Crippen LogP contribution in [0.2, 0.25) is 5.02 Å². The molecule has 0 bridgehead atoms. The first kappa shape index (κ1) is 14.9. The second kappa shape index (κ2) is 7.31. The Kier molecular flexibility index (Phi) is 5.44. The van der Waals surface area contributed by atoms with Gasteiger partial charge in [0.15, 0.2) is 0 Å². The van der Waals surface area contributed by atoms with Crippen LogP contribution in [0.15, 0.2) is 53.0 Å². The Morgan fingerprint density at radius 2 is 2.00 bits per heavy atom. The molecule has 0 saturated carbocycles. The summed E-state index contributed by atoms with van der Waals surface area (Å²) in [4.78, 5) is 11.6. The van der Waals surface area contributed by atoms with E-state index in [4.69, 9.17) is 16.3 Å². The summed E-state index contributed by atoms with van der Waals surface area (Å²) < 4.78 is 6.14. The van der Waals surface area contributed by atoms with Gasteiger partial charge in [0.1, 0.15) is 13.2 Å². The van der Waals surface area contributed by atoms with E-state index in [0.717, 1.165) is 15.7 Å². The number of benzene rings is 2. The molecule has 2 aromatic carbocycles. The zero-order valence-corrected chi connectivity index (χ0v) is 12.9. The number of rotatable bonds is 5. The molecule has 0 aliphatic rings. The normalized spacial score (nSPS) is 10.1. The molecule has 104 valence electrons. The maximum Gasteiger partial charge on any atom is 0.325 e. The fourth-order valence-electron chi connectivity index (χ4n) is 1.61. The lowest BCUT2D eigenvalue weighted by Gasteiger charge is -2.08. The Morgan fingerprint density at radius 1 is 1.20 bits per heavy atom. The molecule has 0 heterocycles. The highest BCUT2D eigenvalue weighted by Gasteiger charge is 2.04. The van der Waals surface area contributed by atoms with Crippen molar-refractivity contribution < 1.29 is 9.53 Å². The summed E-state index contributed by atoms with van der Waals surface area (Å²) in [6.07, 6.45) is 0. The van der Waals surface area contributed by atoms with E-state index in [0.29, 0.717) is 5.02 Å². The van der Waals surface area contributed by atoms with Crippen molar-refractivity contribution >= 4 is 39.2 Å². The molecular weight excluding hydrogens is 342 g/mol. The number of hydrogen-bond donors (Lipinski definition) is 1. The van der Waals surface area contributed by atoms with E-state index < -0.39 is 0 Å². The molecule has 2 rings (SSSR count). The zero-order valence-electron chi connectivity index (χ0n) is 10.6. The van der Waals surface area contributed by atoms with Gasteiger partial charge in [0.25, 0.3) is 0 Å². The molecule has 3 nitrogen and oxygen atoms in total. The number of carbonyl (C=O) groups excluding carboxylic acids is 1. The molecule has 0 spiro atoms. The van der Waals surface area contributed by atoms with Gasteiger partial charge in [-0.1, -0.05) is 45.7 Å². The predicted octanol–water partition coefficient (Wildman–Crippen LogP) is 4.26. The molecule has 5 heteroatoms. The van der Waals surface area contributed by atoms with Gasteiger partial charge in [0.2, 0.25) is 0 Å². The number of ether oxygens (including phenoxy) is 1. The van der Waals surface area contributed by atoms with Crippen molar-refractivity contribution in [3.05, 3.63) is 63.6 Å². The highest BCUT2D eigenvalue weighted by atomic mass is 79.9. The van der Waals surface area contributed by atoms with Crippen LogP contribution in [-0.4, -0.2) is 12.5 Å². The molecule has 0 radical (unpaired) electrons. The maximum absolute atomic E-state index is 11.6. The van der Waals surface area contributed by atoms with Crippen LogP contribution in [0.25, 0.3) is 0 Å². The minimum atomic E-state index is -0.315. The van der Waals surface area contributed by atoms with Crippen LogP contribution in [-0.2, 0) is 16.1 Å². The van der Waals surface area contributed by atoms with Crippen molar-refractivity contribution in [2.75, 3.05) is 11.9 Å². The van der Waals surface area contributed by atoms with Crippen molar-refractivity contribution in [1.29, 1.82) is 0 Å². The molecular formula is C15H13BrClNO2. The molecule has 0 saturated heterocycles. The average Bonchev–Trinajstić information content (AvgIpc) is 2.43. The van der Waals surface area contributed by atoms with Crippen molar-refractivity contribution in [1.82, 2.24) is 0 Å². The Bertz CT molecular complexity index is 552. The Morgan fingerprint density at radius 3 is 2.75 bits per heavy atom. The maximum atomic E-state index is 11.6. The van der Waals surface area contributed by atoms with Crippen LogP contribution in [0.3, 0.4) is 0 Å². The summed E-state index contributed by atoms with van der Waals surface area (Å²) in [5.41, 5.74) is 1.73. The second-order valence-corrected chi connectivity index (χ2v) is 5.51. The molecule has 0 aliphatic heterocycles. The number of esters is 1. The minimum Gasteiger partial charge on any atom is -0.460 e. The summed E-state index contributed by atoms with van der Waals surface area (Å²) in [6.45, 7) is 0.365. The predicted molar refractivity (Wildman–Crippen MR) is 83.9 cm³/mol. The minimum absolute atomic E-state index is 0.106. The van der Waals surface area contributed by atoms with Gasteiger partial charge >= 0.3 is 5.97 Å². The first-order valence-electron chi connectivity index (χ1n) is 6.03. The van der Waals surface area contributed by atoms with Gasteiger partial charge in [-0.05, 0) is 35.9 Å². The lowest BCUT2D eigenvalue weighted by Crippen LogP contribution is -2.16. The van der Waals surface area contributed by atoms with Crippen LogP contribution in [0, 0.1) is 0 Å². The summed E-state index contributed by atoms with van der Waals surface area (Å²) in [5, 5.41) is 3.59. The lowest BCUT2D eigenvalue weighted by atomic mass is 10.2. The van der Waals surface area contributed by atoms with E-state index in [1.165, 1.54) is 0 Å². The number of halogens is 2. The summed E-state index contributed by atoms with van der Waals surface area (Å²) in [5.74, 6) is -0.315. The summed E-state index contributed by atoms with van der Waals surface area (Å²) in [6, 6.07) is 14.8. The van der Waals surface area contributed by atoms with Crippen LogP contribution in [0.5, 0.6) is 0 Å². The largest absolute Gasteiger partial charge is 0.460 e. The Balaban J connectivity index is 1.78. The first-order valence-corrected chi connectivity index (χ1v) is 7.20. The molecule has 0 fully saturated rings. The van der Waals surface area contributed by atoms with E-state index >= 15 is 0 Å². The number of anilines is 1. The summed E-state index contributed by atoms with van der Waals surface area (Å²) in [7, 11) is 0. The number of carbonyl (C=O) groups is 1. The van der Waals surface area contributed by atoms with Gasteiger partial charge in [0.05, 0.1) is 0 Å². The van der Waals surface area contributed by atoms with E-state index in [9.17, 15) is 4.79 Å². The quantitative estimate of drug-likeness (QED) is 0.815. The number of hydrogen-bond acceptors (Lipinski definition) is 3. The second-order valence-electron chi connectivity index (χ2n) is 4.15. The van der Waals surface area contributed by atoms with Crippen LogP contribution < -0.4 is 5.32 Å². The third kappa shape index (κ3) is 4.87. The molecule has 0 unspecified atom stereocenters. The molecule has 20 heavy (non-hydrogen) atoms. The molecule has 1 N–H and O–H groups in total. The van der Waals surface area contributed by atoms with Crippen molar-refractivity contribution in [3.63, 3.8) is 0 Å². The van der Waals surface area contributed by atoms with Gasteiger partial charge in [-0.2, -0.15) is 0 Å². The smallest absolute Gasteiger partial charge is 0.325 e. The van der Waals surface area contributed by atoms with E-state index in [2.05, 4.69) is 21.2 Å². The Labute approximate surface area is 131 Å². The molecule has 0 atom stereocenters. The van der Waals surface area contributed by atoms with Crippen LogP contribution >= 0.6 is 27.5 Å². The molecule has 0 aliphatic carbocycles. The number of nitrogens with one attached hydrogen (secondary N) is 1. The van der Waals surface area contributed by atoms with E-state index in [1.54, 1.807) is 12.1 Å². The van der Waals surface area contributed by atoms with Gasteiger partial charge in [-0.15, -0.1) is 0 Å². The molecule has 0 aromatic heterocycles. The summed E-state index contributed by atoms with van der Waals surface area (Å²) >= 11 is 9.23. The van der Waals surface area contributed by atoms with E-state index in [-0.39, 0.29) is 19.1 Å². The topological polar surface area (TPSA) is 38.3 Å². The first-order chi connectivity index (χ1) is 9.63. The lowest BCUT2D eigenvalue weighted by molar-refractivity contribution is -0.142. The molecule has 0 amide bonds. The van der Waals surface area contributed by atoms with E-state index in [1.807, 2.05) is 36.4 Å². The standard InChI is InChI=1S/C15H13BrClNO2/c16-12-4-1-3-11(7-12)10-20-15(19)9-18-14-6-2-5-13(17)8-14/h1-8,18H,9-10H2. The zero-order chi connectivity index (χ0) is 14.4. The van der Waals surface area contributed by atoms with Gasteiger partial charge < -0.3 is 10.1 Å². The third-order valence-corrected chi connectivity index (χ3v) is 3.28. The van der Waals surface area contributed by atoms with Crippen LogP contribution in [0.4, 0.5) is 5.69 Å². The third-order valence-electron chi connectivity index (χ3n) is 2.55. The molecule has 2 aromatic rings. The van der Waals surface area contributed by atoms with Gasteiger partial charge in [0, 0.05) is 15.2 Å². The van der Waals surface area contributed by atoms with Crippen LogP contribution in [0.1, 0.15) is 5.56 Å². The highest BCUT2D eigenvalue weighted by Crippen LogP contribution is 2.15.